The number of aryl methyl sites for hydroxylation is 1. The van der Waals surface area contributed by atoms with Gasteiger partial charge in [0.05, 0.1) is 39.4 Å². The Balaban J connectivity index is 0.887. The average Bonchev–Trinajstić information content (AvgIpc) is 3.91. The monoisotopic (exact) mass is 968 g/mol. The number of benzene rings is 2. The summed E-state index contributed by atoms with van der Waals surface area (Å²) in [6.45, 7) is 18.4. The van der Waals surface area contributed by atoms with Crippen LogP contribution in [0.2, 0.25) is 5.02 Å². The third-order valence-corrected chi connectivity index (χ3v) is 14.3. The van der Waals surface area contributed by atoms with E-state index >= 15 is 0 Å². The van der Waals surface area contributed by atoms with E-state index in [0.29, 0.717) is 24.5 Å². The number of nitrogens with zero attached hydrogens (tertiary/aromatic N) is 4. The first-order chi connectivity index (χ1) is 32.1. The Hall–Kier alpha value is -5.60. The molecule has 2 aromatic heterocycles. The van der Waals surface area contributed by atoms with Crippen molar-refractivity contribution in [2.45, 2.75) is 124 Å². The zero-order valence-electron chi connectivity index (χ0n) is 40.4. The minimum absolute atomic E-state index is 0.0149. The van der Waals surface area contributed by atoms with Gasteiger partial charge in [-0.15, -0.1) is 11.3 Å². The fraction of sp³-hybridized carbons (Fsp3) is 0.510. The molecule has 0 bridgehead atoms. The van der Waals surface area contributed by atoms with E-state index in [1.807, 2.05) is 110 Å². The van der Waals surface area contributed by atoms with Crippen molar-refractivity contribution in [1.29, 1.82) is 5.26 Å². The van der Waals surface area contributed by atoms with Gasteiger partial charge in [0.15, 0.2) is 5.69 Å². The van der Waals surface area contributed by atoms with Crippen molar-refractivity contribution < 1.29 is 33.8 Å². The Bertz CT molecular complexity index is 2450. The molecule has 15 nitrogen and oxygen atoms in total. The summed E-state index contributed by atoms with van der Waals surface area (Å²) in [6.07, 6.45) is 2.90. The van der Waals surface area contributed by atoms with E-state index < -0.39 is 46.2 Å². The SMILES string of the molecule is Cc1ncsc1-c1ccc([C@H](C)NC(=O)[C@@H]2C[C@@H](O)CN2C(=O)[C@@H](NC(=O)COCCCCCNc2ccc(C(=O)N[C@H]3C(C)(C)[C@H](Oc4cnc(C#N)c(Cl)c4)C3(C)C)cc2)C(C)(C)C)cc1. The molecule has 3 heterocycles. The lowest BCUT2D eigenvalue weighted by Gasteiger charge is -2.63. The summed E-state index contributed by atoms with van der Waals surface area (Å²) in [5, 5.41) is 32.5. The van der Waals surface area contributed by atoms with Crippen molar-refractivity contribution in [2.75, 3.05) is 31.6 Å². The second kappa shape index (κ2) is 21.8. The first-order valence-corrected chi connectivity index (χ1v) is 24.4. The van der Waals surface area contributed by atoms with Crippen molar-refractivity contribution in [2.24, 2.45) is 16.2 Å². The summed E-state index contributed by atoms with van der Waals surface area (Å²) in [5.41, 5.74) is 4.79. The second-order valence-electron chi connectivity index (χ2n) is 20.2. The molecule has 6 rings (SSSR count). The molecule has 17 heteroatoms. The minimum atomic E-state index is -0.954. The number of thiazole rings is 1. The maximum Gasteiger partial charge on any atom is 0.251 e. The van der Waals surface area contributed by atoms with Crippen LogP contribution in [0.5, 0.6) is 5.75 Å². The van der Waals surface area contributed by atoms with E-state index in [0.717, 1.165) is 46.6 Å². The highest BCUT2D eigenvalue weighted by molar-refractivity contribution is 7.13. The Morgan fingerprint density at radius 1 is 1.00 bits per heavy atom. The molecule has 1 saturated heterocycles. The van der Waals surface area contributed by atoms with Gasteiger partial charge >= 0.3 is 0 Å². The molecule has 4 amide bonds. The highest BCUT2D eigenvalue weighted by Crippen LogP contribution is 2.55. The number of rotatable bonds is 19. The molecule has 364 valence electrons. The molecule has 4 atom stereocenters. The van der Waals surface area contributed by atoms with Crippen LogP contribution < -0.4 is 26.0 Å². The number of nitrogens with one attached hydrogen (secondary N) is 4. The topological polar surface area (TPSA) is 208 Å². The Morgan fingerprint density at radius 3 is 2.31 bits per heavy atom. The van der Waals surface area contributed by atoms with Crippen LogP contribution >= 0.6 is 22.9 Å². The zero-order chi connectivity index (χ0) is 49.6. The first-order valence-electron chi connectivity index (χ1n) is 23.1. The fourth-order valence-electron chi connectivity index (χ4n) is 9.58. The van der Waals surface area contributed by atoms with Gasteiger partial charge in [0.1, 0.15) is 36.6 Å². The van der Waals surface area contributed by atoms with Gasteiger partial charge in [-0.25, -0.2) is 9.97 Å². The highest BCUT2D eigenvalue weighted by atomic mass is 35.5. The quantitative estimate of drug-likeness (QED) is 0.0578. The Labute approximate surface area is 408 Å². The minimum Gasteiger partial charge on any atom is -0.487 e. The Kier molecular flexibility index (Phi) is 16.6. The summed E-state index contributed by atoms with van der Waals surface area (Å²) >= 11 is 7.75. The van der Waals surface area contributed by atoms with Crippen molar-refractivity contribution in [3.63, 3.8) is 0 Å². The predicted molar refractivity (Wildman–Crippen MR) is 263 cm³/mol. The van der Waals surface area contributed by atoms with Crippen LogP contribution in [0.3, 0.4) is 0 Å². The summed E-state index contributed by atoms with van der Waals surface area (Å²) in [5.74, 6) is -0.948. The number of hydrogen-bond acceptors (Lipinski definition) is 12. The van der Waals surface area contributed by atoms with E-state index in [2.05, 4.69) is 31.2 Å². The van der Waals surface area contributed by atoms with Crippen LogP contribution in [0.25, 0.3) is 10.4 Å². The lowest BCUT2D eigenvalue weighted by molar-refractivity contribution is -0.164. The maximum absolute atomic E-state index is 14.1. The number of carbonyl (C=O) groups is 4. The first kappa shape index (κ1) is 51.8. The van der Waals surface area contributed by atoms with Crippen LogP contribution in [0, 0.1) is 34.5 Å². The van der Waals surface area contributed by atoms with Crippen LogP contribution in [0.1, 0.15) is 114 Å². The normalized spacial score (nSPS) is 20.3. The molecule has 2 aliphatic rings. The van der Waals surface area contributed by atoms with Gasteiger partial charge in [0.2, 0.25) is 17.7 Å². The van der Waals surface area contributed by atoms with Gasteiger partial charge in [-0.3, -0.25) is 19.2 Å². The molecule has 1 aliphatic heterocycles. The van der Waals surface area contributed by atoms with Crippen LogP contribution in [0.15, 0.2) is 66.3 Å². The van der Waals surface area contributed by atoms with E-state index in [1.165, 1.54) is 11.1 Å². The summed E-state index contributed by atoms with van der Waals surface area (Å²) in [6, 6.07) is 16.4. The van der Waals surface area contributed by atoms with Gasteiger partial charge in [-0.1, -0.05) is 84.3 Å². The van der Waals surface area contributed by atoms with E-state index in [1.54, 1.807) is 29.5 Å². The number of unbranched alkanes of at least 4 members (excludes halogenated alkanes) is 2. The molecular weight excluding hydrogens is 904 g/mol. The highest BCUT2D eigenvalue weighted by Gasteiger charge is 2.64. The number of aliphatic hydroxyl groups is 1. The number of anilines is 1. The number of carbonyl (C=O) groups excluding carboxylic acids is 4. The molecule has 2 fully saturated rings. The number of halogens is 1. The number of likely N-dealkylation sites (tertiary alicyclic amines) is 1. The summed E-state index contributed by atoms with van der Waals surface area (Å²) in [4.78, 5) is 65.1. The van der Waals surface area contributed by atoms with Gasteiger partial charge in [0.25, 0.3) is 5.91 Å². The third-order valence-electron chi connectivity index (χ3n) is 13.0. The van der Waals surface area contributed by atoms with Crippen LogP contribution in [0.4, 0.5) is 5.69 Å². The largest absolute Gasteiger partial charge is 0.487 e. The van der Waals surface area contributed by atoms with E-state index in [9.17, 15) is 24.3 Å². The van der Waals surface area contributed by atoms with Crippen LogP contribution in [-0.4, -0.2) is 100 Å². The average molecular weight is 970 g/mol. The molecule has 0 radical (unpaired) electrons. The van der Waals surface area contributed by atoms with E-state index in [-0.39, 0.29) is 60.3 Å². The second-order valence-corrected chi connectivity index (χ2v) is 21.4. The van der Waals surface area contributed by atoms with Crippen molar-refractivity contribution in [3.05, 3.63) is 93.8 Å². The third kappa shape index (κ3) is 12.2. The van der Waals surface area contributed by atoms with Crippen molar-refractivity contribution in [1.82, 2.24) is 30.8 Å². The molecule has 2 aromatic carbocycles. The van der Waals surface area contributed by atoms with E-state index in [4.69, 9.17) is 26.3 Å². The Morgan fingerprint density at radius 2 is 1.69 bits per heavy atom. The molecule has 1 saturated carbocycles. The molecule has 4 aromatic rings. The number of aromatic nitrogens is 2. The zero-order valence-corrected chi connectivity index (χ0v) is 42.0. The number of β-amino-alcohol motifs (C(OH)–C–C–N with tert-alkyl or cyclic N) is 1. The van der Waals surface area contributed by atoms with Gasteiger partial charge < -0.3 is 40.7 Å². The molecular formula is C51H65ClN8O7S. The number of amides is 4. The number of pyridine rings is 1. The summed E-state index contributed by atoms with van der Waals surface area (Å²) < 4.78 is 12.0. The lowest BCUT2D eigenvalue weighted by Crippen LogP contribution is -2.74. The van der Waals surface area contributed by atoms with Gasteiger partial charge in [0, 0.05) is 60.3 Å². The molecule has 0 unspecified atom stereocenters. The molecule has 68 heavy (non-hydrogen) atoms. The standard InChI is InChI=1S/C51H65ClN8O7S/c1-30(32-13-15-33(16-14-32)42-31(2)56-29-68-42)57-45(64)40-23-36(61)27-60(40)46(65)43(49(3,4)5)58-41(62)28-66-22-12-10-11-21-54-35-19-17-34(18-20-35)44(63)59-47-50(6,7)48(51(47,8)9)67-37-24-38(52)39(25-53)55-26-37/h13-20,24,26,29-30,36,40,43,47-48,54,61H,10-12,21-23,27-28H2,1-9H3,(H,57,64)(H,58,62)(H,59,63)/t30-,36+,40-,43+,47-,48-/m0/s1. The number of hydrogen-bond donors (Lipinski definition) is 5. The van der Waals surface area contributed by atoms with Crippen LogP contribution in [-0.2, 0) is 19.1 Å². The number of ether oxygens (including phenoxy) is 2. The summed E-state index contributed by atoms with van der Waals surface area (Å²) in [7, 11) is 0. The molecule has 1 aliphatic carbocycles. The predicted octanol–water partition coefficient (Wildman–Crippen LogP) is 7.62. The van der Waals surface area contributed by atoms with Gasteiger partial charge in [-0.2, -0.15) is 5.26 Å². The lowest BCUT2D eigenvalue weighted by atomic mass is 9.49. The number of aliphatic hydroxyl groups excluding tert-OH is 1. The molecule has 0 spiro atoms. The van der Waals surface area contributed by atoms with Crippen molar-refractivity contribution >= 4 is 52.3 Å². The maximum atomic E-state index is 14.1. The van der Waals surface area contributed by atoms with Crippen molar-refractivity contribution in [3.8, 4) is 22.3 Å². The fourth-order valence-corrected chi connectivity index (χ4v) is 10.6. The number of nitriles is 1. The smallest absolute Gasteiger partial charge is 0.251 e. The van der Waals surface area contributed by atoms with Gasteiger partial charge in [-0.05, 0) is 73.9 Å². The molecule has 5 N–H and O–H groups in total.